The second-order valence-electron chi connectivity index (χ2n) is 11.9. The molecule has 1 spiro atoms. The van der Waals surface area contributed by atoms with Crippen molar-refractivity contribution in [3.63, 3.8) is 0 Å². The molecule has 2 aliphatic carbocycles. The zero-order chi connectivity index (χ0) is 27.7. The molecule has 0 unspecified atom stereocenters. The van der Waals surface area contributed by atoms with Crippen molar-refractivity contribution in [3.05, 3.63) is 50.1 Å². The topological polar surface area (TPSA) is 79.3 Å². The number of esters is 1. The molecule has 2 aromatic rings. The minimum Gasteiger partial charge on any atom is -0.504 e. The average molecular weight is 616 g/mol. The Morgan fingerprint density at radius 1 is 1.36 bits per heavy atom. The first kappa shape index (κ1) is 26.8. The Morgan fingerprint density at radius 2 is 2.15 bits per heavy atom. The summed E-state index contributed by atoms with van der Waals surface area (Å²) in [7, 11) is 2.11. The van der Waals surface area contributed by atoms with Crippen LogP contribution in [0.1, 0.15) is 56.0 Å². The Balaban J connectivity index is 1.47. The molecule has 0 radical (unpaired) electrons. The molecule has 39 heavy (non-hydrogen) atoms. The predicted molar refractivity (Wildman–Crippen MR) is 154 cm³/mol. The second-order valence-corrected chi connectivity index (χ2v) is 13.7. The van der Waals surface area contributed by atoms with Crippen molar-refractivity contribution >= 4 is 45.2 Å². The summed E-state index contributed by atoms with van der Waals surface area (Å²) in [6.45, 7) is 7.12. The van der Waals surface area contributed by atoms with Gasteiger partial charge in [-0.25, -0.2) is 0 Å². The Bertz CT molecular complexity index is 1360. The van der Waals surface area contributed by atoms with Gasteiger partial charge in [0.1, 0.15) is 11.7 Å². The molecule has 1 saturated carbocycles. The third-order valence-corrected chi connectivity index (χ3v) is 10.9. The number of halogens is 1. The Kier molecular flexibility index (Phi) is 6.63. The predicted octanol–water partition coefficient (Wildman–Crippen LogP) is 5.14. The largest absolute Gasteiger partial charge is 0.504 e. The van der Waals surface area contributed by atoms with Crippen LogP contribution < -0.4 is 4.74 Å². The van der Waals surface area contributed by atoms with Crippen molar-refractivity contribution in [1.82, 2.24) is 9.80 Å². The molecule has 9 heteroatoms. The summed E-state index contributed by atoms with van der Waals surface area (Å²) in [4.78, 5) is 31.8. The zero-order valence-corrected chi connectivity index (χ0v) is 25.2. The highest BCUT2D eigenvalue weighted by atomic mass is 79.9. The maximum Gasteiger partial charge on any atom is 0.303 e. The van der Waals surface area contributed by atoms with Crippen LogP contribution in [0.25, 0.3) is 6.08 Å². The average Bonchev–Trinajstić information content (AvgIpc) is 3.45. The Morgan fingerprint density at radius 3 is 2.85 bits per heavy atom. The van der Waals surface area contributed by atoms with E-state index < -0.39 is 17.1 Å². The highest BCUT2D eigenvalue weighted by molar-refractivity contribution is 9.10. The van der Waals surface area contributed by atoms with Gasteiger partial charge in [0.2, 0.25) is 5.91 Å². The van der Waals surface area contributed by atoms with E-state index in [9.17, 15) is 14.7 Å². The standard InChI is InChI=1S/C30H35BrN2O5S/c1-17(2)15-33(25(36)8-6-21-14-20(31)16-39-21)22-9-10-30(38-18(3)34)24-13-19-5-7-23(35)27-26(19)29(30,28(22)37-27)11-12-32(24)4/h5-8,14,16-17,22,24,28,35H,9-13,15H2,1-4H3/b8-6+/t22-,24-,28+,29+,30-/m1/s1. The fourth-order valence-corrected chi connectivity index (χ4v) is 9.26. The smallest absolute Gasteiger partial charge is 0.303 e. The molecule has 2 bridgehead atoms. The van der Waals surface area contributed by atoms with Gasteiger partial charge in [-0.1, -0.05) is 19.9 Å². The number of hydrogen-bond acceptors (Lipinski definition) is 7. The van der Waals surface area contributed by atoms with Gasteiger partial charge in [0.25, 0.3) is 0 Å². The number of hydrogen-bond donors (Lipinski definition) is 1. The number of carbonyl (C=O) groups is 2. The summed E-state index contributed by atoms with van der Waals surface area (Å²) in [5, 5.41) is 13.0. The van der Waals surface area contributed by atoms with Crippen molar-refractivity contribution in [2.24, 2.45) is 5.92 Å². The lowest BCUT2D eigenvalue weighted by Gasteiger charge is -2.65. The summed E-state index contributed by atoms with van der Waals surface area (Å²) in [6, 6.07) is 5.47. The van der Waals surface area contributed by atoms with Gasteiger partial charge in [-0.05, 0) is 84.9 Å². The van der Waals surface area contributed by atoms with E-state index in [1.165, 1.54) is 6.92 Å². The van der Waals surface area contributed by atoms with Crippen LogP contribution >= 0.6 is 27.3 Å². The Hall–Kier alpha value is -2.36. The molecule has 4 aliphatic rings. The van der Waals surface area contributed by atoms with E-state index in [2.05, 4.69) is 41.7 Å². The van der Waals surface area contributed by atoms with Crippen molar-refractivity contribution in [2.45, 2.75) is 75.7 Å². The number of phenols is 1. The molecule has 208 valence electrons. The van der Waals surface area contributed by atoms with Gasteiger partial charge >= 0.3 is 5.97 Å². The molecule has 5 atom stereocenters. The van der Waals surface area contributed by atoms with Crippen molar-refractivity contribution in [2.75, 3.05) is 20.1 Å². The zero-order valence-electron chi connectivity index (χ0n) is 22.8. The molecule has 1 amide bonds. The number of carbonyl (C=O) groups excluding carboxylic acids is 2. The summed E-state index contributed by atoms with van der Waals surface area (Å²) in [6.07, 6.45) is 5.82. The first-order valence-electron chi connectivity index (χ1n) is 13.7. The first-order chi connectivity index (χ1) is 18.6. The number of rotatable bonds is 6. The van der Waals surface area contributed by atoms with Gasteiger partial charge in [-0.15, -0.1) is 11.3 Å². The summed E-state index contributed by atoms with van der Waals surface area (Å²) >= 11 is 5.06. The molecule has 7 nitrogen and oxygen atoms in total. The quantitative estimate of drug-likeness (QED) is 0.359. The third kappa shape index (κ3) is 3.98. The van der Waals surface area contributed by atoms with Gasteiger partial charge in [-0.2, -0.15) is 0 Å². The number of likely N-dealkylation sites (tertiary alicyclic amines) is 1. The first-order valence-corrected chi connectivity index (χ1v) is 15.4. The van der Waals surface area contributed by atoms with Crippen molar-refractivity contribution < 1.29 is 24.2 Å². The number of benzene rings is 1. The number of ether oxygens (including phenoxy) is 2. The highest BCUT2D eigenvalue weighted by Gasteiger charge is 2.75. The van der Waals surface area contributed by atoms with E-state index >= 15 is 0 Å². The van der Waals surface area contributed by atoms with E-state index in [4.69, 9.17) is 9.47 Å². The lowest BCUT2D eigenvalue weighted by Crippen LogP contribution is -2.79. The number of thiophene rings is 1. The summed E-state index contributed by atoms with van der Waals surface area (Å²) < 4.78 is 14.2. The van der Waals surface area contributed by atoms with Gasteiger partial charge in [0.15, 0.2) is 11.5 Å². The minimum atomic E-state index is -0.787. The maximum atomic E-state index is 13.9. The number of aromatic hydroxyl groups is 1. The number of likely N-dealkylation sites (N-methyl/N-ethyl adjacent to an activating group) is 1. The number of nitrogens with zero attached hydrogens (tertiary/aromatic N) is 2. The number of piperidine rings is 1. The van der Waals surface area contributed by atoms with Crippen LogP contribution in [0.2, 0.25) is 0 Å². The molecule has 2 aliphatic heterocycles. The van der Waals surface area contributed by atoms with E-state index in [0.717, 1.165) is 39.9 Å². The monoisotopic (exact) mass is 614 g/mol. The third-order valence-electron chi connectivity index (χ3n) is 9.21. The summed E-state index contributed by atoms with van der Waals surface area (Å²) in [5.74, 6) is 0.498. The lowest BCUT2D eigenvalue weighted by molar-refractivity contribution is -0.221. The van der Waals surface area contributed by atoms with Gasteiger partial charge in [0.05, 0.1) is 17.5 Å². The molecular formula is C30H35BrN2O5S. The fourth-order valence-electron chi connectivity index (χ4n) is 7.93. The van der Waals surface area contributed by atoms with Crippen LogP contribution in [0, 0.1) is 5.92 Å². The SMILES string of the molecule is CC(=O)O[C@@]12CC[C@@H](N(CC(C)C)C(=O)/C=C/c3cc(Br)cs3)[C@@H]3Oc4c(O)ccc5c4[C@@]31CCN(C)[C@@H]2C5. The molecule has 1 aromatic heterocycles. The summed E-state index contributed by atoms with van der Waals surface area (Å²) in [5.41, 5.74) is 0.692. The highest BCUT2D eigenvalue weighted by Crippen LogP contribution is 2.67. The van der Waals surface area contributed by atoms with E-state index in [1.807, 2.05) is 28.5 Å². The van der Waals surface area contributed by atoms with Crippen LogP contribution in [0.5, 0.6) is 11.5 Å². The number of amides is 1. The molecule has 1 N–H and O–H groups in total. The minimum absolute atomic E-state index is 0.00313. The van der Waals surface area contributed by atoms with Crippen LogP contribution in [0.15, 0.2) is 34.1 Å². The van der Waals surface area contributed by atoms with E-state index in [0.29, 0.717) is 25.1 Å². The van der Waals surface area contributed by atoms with Crippen molar-refractivity contribution in [1.29, 1.82) is 0 Å². The normalized spacial score (nSPS) is 30.8. The fraction of sp³-hybridized carbons (Fsp3) is 0.533. The van der Waals surface area contributed by atoms with Gasteiger partial charge in [0, 0.05) is 39.8 Å². The van der Waals surface area contributed by atoms with Gasteiger partial charge < -0.3 is 19.5 Å². The van der Waals surface area contributed by atoms with E-state index in [-0.39, 0.29) is 35.6 Å². The molecular weight excluding hydrogens is 580 g/mol. The lowest BCUT2D eigenvalue weighted by atomic mass is 9.48. The molecule has 1 aromatic carbocycles. The van der Waals surface area contributed by atoms with Gasteiger partial charge in [-0.3, -0.25) is 14.5 Å². The molecule has 1 saturated heterocycles. The second kappa shape index (κ2) is 9.63. The molecule has 6 rings (SSSR count). The maximum absolute atomic E-state index is 13.9. The van der Waals surface area contributed by atoms with Crippen LogP contribution in [-0.4, -0.2) is 70.7 Å². The van der Waals surface area contributed by atoms with Crippen LogP contribution in [0.4, 0.5) is 0 Å². The number of phenolic OH excluding ortho intramolecular Hbond substituents is 1. The van der Waals surface area contributed by atoms with Crippen molar-refractivity contribution in [3.8, 4) is 11.5 Å². The Labute approximate surface area is 241 Å². The van der Waals surface area contributed by atoms with E-state index in [1.54, 1.807) is 23.5 Å². The molecule has 2 fully saturated rings. The molecule has 3 heterocycles. The van der Waals surface area contributed by atoms with Crippen LogP contribution in [-0.2, 0) is 26.2 Å². The van der Waals surface area contributed by atoms with Crippen LogP contribution in [0.3, 0.4) is 0 Å².